The number of hydrogen-bond donors (Lipinski definition) is 2. The monoisotopic (exact) mass is 572 g/mol. The summed E-state index contributed by atoms with van der Waals surface area (Å²) in [5.41, 5.74) is 2.09. The quantitative estimate of drug-likeness (QED) is 0.262. The summed E-state index contributed by atoms with van der Waals surface area (Å²) in [6.45, 7) is 1.72. The first kappa shape index (κ1) is 28.8. The fourth-order valence-electron chi connectivity index (χ4n) is 5.14. The third-order valence-corrected chi connectivity index (χ3v) is 7.31. The molecule has 0 spiro atoms. The molecule has 218 valence electrons. The van der Waals surface area contributed by atoms with Crippen LogP contribution in [0, 0.1) is 11.7 Å². The Balaban J connectivity index is 1.13. The first-order valence-corrected chi connectivity index (χ1v) is 13.8. The number of aromatic nitrogens is 1. The van der Waals surface area contributed by atoms with Crippen LogP contribution in [0.1, 0.15) is 18.4 Å². The highest BCUT2D eigenvalue weighted by molar-refractivity contribution is 6.01. The normalized spacial score (nSPS) is 13.9. The fourth-order valence-corrected chi connectivity index (χ4v) is 5.14. The van der Waals surface area contributed by atoms with E-state index in [2.05, 4.69) is 39.9 Å². The highest BCUT2D eigenvalue weighted by Gasteiger charge is 2.22. The Kier molecular flexibility index (Phi) is 9.13. The number of methoxy groups -OCH3 is 2. The van der Waals surface area contributed by atoms with Gasteiger partial charge in [0, 0.05) is 29.4 Å². The molecule has 1 saturated heterocycles. The average molecular weight is 573 g/mol. The summed E-state index contributed by atoms with van der Waals surface area (Å²) in [4.78, 5) is 31.3. The summed E-state index contributed by atoms with van der Waals surface area (Å²) in [5.74, 6) is 0.796. The van der Waals surface area contributed by atoms with Crippen LogP contribution in [0.2, 0.25) is 0 Å². The minimum Gasteiger partial charge on any atom is -0.493 e. The number of benzene rings is 3. The lowest BCUT2D eigenvalue weighted by Gasteiger charge is -2.31. The molecule has 4 aromatic rings. The van der Waals surface area contributed by atoms with Crippen LogP contribution in [0.15, 0.2) is 72.9 Å². The van der Waals surface area contributed by atoms with Crippen LogP contribution in [0.5, 0.6) is 23.0 Å². The van der Waals surface area contributed by atoms with Crippen molar-refractivity contribution in [1.82, 2.24) is 15.2 Å². The molecule has 42 heavy (non-hydrogen) atoms. The molecule has 0 atom stereocenters. The summed E-state index contributed by atoms with van der Waals surface area (Å²) in [5, 5.41) is 5.44. The summed E-state index contributed by atoms with van der Waals surface area (Å²) in [6.07, 6.45) is 4.58. The molecule has 0 bridgehead atoms. The van der Waals surface area contributed by atoms with Crippen molar-refractivity contribution in [2.75, 3.05) is 39.2 Å². The standard InChI is InChI=1S/C32H33FN4O5/c1-40-29-18-24-26(19-30(29)41-2)34-13-10-27(24)42-28-9-8-23(17-25(28)33)35-32(39)36-31(38)20-37-14-11-22(12-15-37)16-21-6-4-3-5-7-21/h3-10,13,17-19,22H,11-12,14-16,20H2,1-2H3,(H2,35,36,38,39). The van der Waals surface area contributed by atoms with Gasteiger partial charge in [0.1, 0.15) is 5.75 Å². The number of urea groups is 1. The summed E-state index contributed by atoms with van der Waals surface area (Å²) >= 11 is 0. The van der Waals surface area contributed by atoms with E-state index in [4.69, 9.17) is 14.2 Å². The van der Waals surface area contributed by atoms with Gasteiger partial charge in [0.05, 0.1) is 26.3 Å². The molecule has 2 N–H and O–H groups in total. The van der Waals surface area contributed by atoms with E-state index in [-0.39, 0.29) is 18.0 Å². The number of rotatable bonds is 9. The van der Waals surface area contributed by atoms with E-state index in [1.54, 1.807) is 24.4 Å². The number of imide groups is 1. The molecule has 5 rings (SSSR count). The smallest absolute Gasteiger partial charge is 0.325 e. The van der Waals surface area contributed by atoms with Gasteiger partial charge in [-0.25, -0.2) is 9.18 Å². The molecule has 2 heterocycles. The number of pyridine rings is 1. The minimum atomic E-state index is -0.729. The van der Waals surface area contributed by atoms with Crippen LogP contribution in [-0.4, -0.2) is 55.7 Å². The fraction of sp³-hybridized carbons (Fsp3) is 0.281. The molecule has 0 saturated carbocycles. The number of ether oxygens (including phenoxy) is 3. The molecule has 1 aliphatic heterocycles. The number of carbonyl (C=O) groups excluding carboxylic acids is 2. The van der Waals surface area contributed by atoms with E-state index in [0.29, 0.717) is 34.1 Å². The van der Waals surface area contributed by atoms with Crippen molar-refractivity contribution in [3.05, 3.63) is 84.3 Å². The summed E-state index contributed by atoms with van der Waals surface area (Å²) in [6, 6.07) is 18.7. The van der Waals surface area contributed by atoms with Gasteiger partial charge in [0.15, 0.2) is 23.1 Å². The maximum Gasteiger partial charge on any atom is 0.325 e. The zero-order valence-corrected chi connectivity index (χ0v) is 23.6. The second kappa shape index (κ2) is 13.3. The highest BCUT2D eigenvalue weighted by atomic mass is 19.1. The molecular weight excluding hydrogens is 539 g/mol. The second-order valence-corrected chi connectivity index (χ2v) is 10.2. The van der Waals surface area contributed by atoms with Crippen LogP contribution >= 0.6 is 0 Å². The van der Waals surface area contributed by atoms with Crippen LogP contribution in [0.25, 0.3) is 10.9 Å². The Labute approximate surface area is 243 Å². The van der Waals surface area contributed by atoms with E-state index in [1.165, 1.54) is 31.9 Å². The number of likely N-dealkylation sites (tertiary alicyclic amines) is 1. The molecule has 3 amide bonds. The topological polar surface area (TPSA) is 102 Å². The van der Waals surface area contributed by atoms with Crippen LogP contribution in [0.4, 0.5) is 14.9 Å². The Morgan fingerprint density at radius 3 is 2.38 bits per heavy atom. The van der Waals surface area contributed by atoms with Crippen LogP contribution in [-0.2, 0) is 11.2 Å². The molecule has 0 aliphatic carbocycles. The van der Waals surface area contributed by atoms with Crippen molar-refractivity contribution in [3.8, 4) is 23.0 Å². The summed E-state index contributed by atoms with van der Waals surface area (Å²) < 4.78 is 31.5. The number of hydrogen-bond acceptors (Lipinski definition) is 7. The van der Waals surface area contributed by atoms with E-state index >= 15 is 0 Å². The molecule has 1 aromatic heterocycles. The van der Waals surface area contributed by atoms with Crippen molar-refractivity contribution in [2.45, 2.75) is 19.3 Å². The number of nitrogens with one attached hydrogen (secondary N) is 2. The van der Waals surface area contributed by atoms with Crippen molar-refractivity contribution >= 4 is 28.5 Å². The van der Waals surface area contributed by atoms with Crippen molar-refractivity contribution in [3.63, 3.8) is 0 Å². The summed E-state index contributed by atoms with van der Waals surface area (Å²) in [7, 11) is 3.05. The maximum absolute atomic E-state index is 15.0. The van der Waals surface area contributed by atoms with Crippen molar-refractivity contribution in [1.29, 1.82) is 0 Å². The van der Waals surface area contributed by atoms with Gasteiger partial charge in [0.2, 0.25) is 5.91 Å². The number of nitrogens with zero attached hydrogens (tertiary/aromatic N) is 2. The molecule has 10 heteroatoms. The number of carbonyl (C=O) groups is 2. The van der Waals surface area contributed by atoms with E-state index in [0.717, 1.165) is 38.4 Å². The lowest BCUT2D eigenvalue weighted by Crippen LogP contribution is -2.44. The average Bonchev–Trinajstić information content (AvgIpc) is 2.99. The predicted octanol–water partition coefficient (Wildman–Crippen LogP) is 5.79. The van der Waals surface area contributed by atoms with Gasteiger partial charge in [-0.15, -0.1) is 0 Å². The third-order valence-electron chi connectivity index (χ3n) is 7.31. The largest absolute Gasteiger partial charge is 0.493 e. The van der Waals surface area contributed by atoms with Crippen LogP contribution in [0.3, 0.4) is 0 Å². The van der Waals surface area contributed by atoms with Gasteiger partial charge in [-0.1, -0.05) is 30.3 Å². The molecule has 1 fully saturated rings. The first-order valence-electron chi connectivity index (χ1n) is 13.8. The van der Waals surface area contributed by atoms with E-state index in [1.807, 2.05) is 11.0 Å². The van der Waals surface area contributed by atoms with Crippen molar-refractivity contribution < 1.29 is 28.2 Å². The Hall–Kier alpha value is -4.70. The van der Waals surface area contributed by atoms with Gasteiger partial charge in [0.25, 0.3) is 0 Å². The van der Waals surface area contributed by atoms with Gasteiger partial charge in [-0.2, -0.15) is 0 Å². The third kappa shape index (κ3) is 7.13. The minimum absolute atomic E-state index is 0.0463. The second-order valence-electron chi connectivity index (χ2n) is 10.2. The number of halogens is 1. The first-order chi connectivity index (χ1) is 20.4. The van der Waals surface area contributed by atoms with E-state index in [9.17, 15) is 14.0 Å². The number of piperidine rings is 1. The van der Waals surface area contributed by atoms with Gasteiger partial charge in [-0.3, -0.25) is 20.0 Å². The lowest BCUT2D eigenvalue weighted by atomic mass is 9.90. The Morgan fingerprint density at radius 2 is 1.67 bits per heavy atom. The Morgan fingerprint density at radius 1 is 0.929 bits per heavy atom. The lowest BCUT2D eigenvalue weighted by molar-refractivity contribution is -0.121. The molecule has 0 radical (unpaired) electrons. The van der Waals surface area contributed by atoms with Gasteiger partial charge < -0.3 is 19.5 Å². The zero-order chi connectivity index (χ0) is 29.5. The Bertz CT molecular complexity index is 1560. The van der Waals surface area contributed by atoms with Crippen molar-refractivity contribution in [2.24, 2.45) is 5.92 Å². The molecule has 3 aromatic carbocycles. The molecule has 1 aliphatic rings. The molecular formula is C32H33FN4O5. The highest BCUT2D eigenvalue weighted by Crippen LogP contribution is 2.37. The van der Waals surface area contributed by atoms with Gasteiger partial charge in [-0.05, 0) is 68.1 Å². The number of amides is 3. The zero-order valence-electron chi connectivity index (χ0n) is 23.6. The maximum atomic E-state index is 15.0. The number of anilines is 1. The number of fused-ring (bicyclic) bond motifs is 1. The van der Waals surface area contributed by atoms with Crippen LogP contribution < -0.4 is 24.8 Å². The van der Waals surface area contributed by atoms with E-state index < -0.39 is 17.8 Å². The SMILES string of the molecule is COc1cc2nccc(Oc3ccc(NC(=O)NC(=O)CN4CCC(Cc5ccccc5)CC4)cc3F)c2cc1OC. The predicted molar refractivity (Wildman–Crippen MR) is 158 cm³/mol. The molecule has 9 nitrogen and oxygen atoms in total. The van der Waals surface area contributed by atoms with Gasteiger partial charge >= 0.3 is 6.03 Å². The molecule has 0 unspecified atom stereocenters.